The first kappa shape index (κ1) is 15.5. The zero-order valence-electron chi connectivity index (χ0n) is 13.8. The van der Waals surface area contributed by atoms with Crippen molar-refractivity contribution in [1.82, 2.24) is 24.7 Å². The van der Waals surface area contributed by atoms with E-state index in [0.29, 0.717) is 31.3 Å². The molecule has 0 radical (unpaired) electrons. The van der Waals surface area contributed by atoms with Gasteiger partial charge in [0.2, 0.25) is 5.89 Å². The smallest absolute Gasteiger partial charge is 0.229 e. The predicted molar refractivity (Wildman–Crippen MR) is 91.9 cm³/mol. The van der Waals surface area contributed by atoms with Crippen LogP contribution in [0.15, 0.2) is 53.6 Å². The molecule has 7 nitrogen and oxygen atoms in total. The number of aromatic nitrogens is 5. The molecular formula is C18H17N5O2. The molecule has 25 heavy (non-hydrogen) atoms. The normalized spacial score (nSPS) is 11.2. The molecule has 3 heterocycles. The Kier molecular flexibility index (Phi) is 4.22. The van der Waals surface area contributed by atoms with E-state index in [1.165, 1.54) is 0 Å². The molecule has 0 saturated heterocycles. The van der Waals surface area contributed by atoms with Gasteiger partial charge in [-0.25, -0.2) is 4.98 Å². The highest BCUT2D eigenvalue weighted by Gasteiger charge is 2.13. The number of nitrogens with zero attached hydrogens (tertiary/aromatic N) is 5. The average Bonchev–Trinajstić information content (AvgIpc) is 3.29. The summed E-state index contributed by atoms with van der Waals surface area (Å²) in [7, 11) is 1.65. The lowest BCUT2D eigenvalue weighted by molar-refractivity contribution is 0.192. The highest BCUT2D eigenvalue weighted by Crippen LogP contribution is 2.27. The summed E-state index contributed by atoms with van der Waals surface area (Å²) in [5, 5.41) is 6.23. The summed E-state index contributed by atoms with van der Waals surface area (Å²) >= 11 is 0. The number of methoxy groups -OCH3 is 1. The zero-order valence-corrected chi connectivity index (χ0v) is 13.8. The molecule has 1 aromatic carbocycles. The molecule has 0 amide bonds. The number of pyridine rings is 1. The van der Waals surface area contributed by atoms with Crippen LogP contribution in [-0.4, -0.2) is 38.4 Å². The van der Waals surface area contributed by atoms with Crippen LogP contribution in [0.4, 0.5) is 0 Å². The minimum absolute atomic E-state index is 0.493. The first-order valence-electron chi connectivity index (χ1n) is 8.00. The molecule has 3 aromatic heterocycles. The van der Waals surface area contributed by atoms with Gasteiger partial charge in [-0.3, -0.25) is 4.98 Å². The van der Waals surface area contributed by atoms with Crippen LogP contribution < -0.4 is 0 Å². The van der Waals surface area contributed by atoms with Crippen LogP contribution in [0.2, 0.25) is 0 Å². The number of hydrogen-bond acceptors (Lipinski definition) is 6. The van der Waals surface area contributed by atoms with Gasteiger partial charge in [0.25, 0.3) is 0 Å². The molecule has 7 heteroatoms. The summed E-state index contributed by atoms with van der Waals surface area (Å²) < 4.78 is 12.3. The minimum Gasteiger partial charge on any atom is -0.384 e. The Balaban J connectivity index is 1.65. The van der Waals surface area contributed by atoms with Crippen LogP contribution in [0.5, 0.6) is 0 Å². The fraction of sp³-hybridized carbons (Fsp3) is 0.222. The molecule has 0 saturated carbocycles. The van der Waals surface area contributed by atoms with Gasteiger partial charge in [-0.15, -0.1) is 0 Å². The summed E-state index contributed by atoms with van der Waals surface area (Å²) in [5.41, 5.74) is 1.05. The highest BCUT2D eigenvalue weighted by molar-refractivity contribution is 5.94. The number of imidazole rings is 1. The summed E-state index contributed by atoms with van der Waals surface area (Å²) in [6.07, 6.45) is 7.95. The van der Waals surface area contributed by atoms with Crippen molar-refractivity contribution in [3.8, 4) is 11.4 Å². The molecule has 4 rings (SSSR count). The van der Waals surface area contributed by atoms with E-state index in [9.17, 15) is 0 Å². The lowest BCUT2D eigenvalue weighted by atomic mass is 10.1. The predicted octanol–water partition coefficient (Wildman–Crippen LogP) is 2.72. The molecule has 0 N–H and O–H groups in total. The second-order valence-corrected chi connectivity index (χ2v) is 5.63. The van der Waals surface area contributed by atoms with Crippen LogP contribution >= 0.6 is 0 Å². The van der Waals surface area contributed by atoms with Gasteiger partial charge in [-0.05, 0) is 11.5 Å². The Bertz CT molecular complexity index is 986. The second-order valence-electron chi connectivity index (χ2n) is 5.63. The van der Waals surface area contributed by atoms with Crippen molar-refractivity contribution in [2.24, 2.45) is 0 Å². The molecule has 0 aliphatic carbocycles. The third-order valence-electron chi connectivity index (χ3n) is 3.98. The van der Waals surface area contributed by atoms with Crippen molar-refractivity contribution in [2.45, 2.75) is 13.0 Å². The van der Waals surface area contributed by atoms with Crippen LogP contribution in [-0.2, 0) is 17.7 Å². The minimum atomic E-state index is 0.493. The van der Waals surface area contributed by atoms with E-state index < -0.39 is 0 Å². The summed E-state index contributed by atoms with van der Waals surface area (Å²) in [6, 6.07) is 8.11. The van der Waals surface area contributed by atoms with Crippen LogP contribution in [0.3, 0.4) is 0 Å². The van der Waals surface area contributed by atoms with E-state index in [4.69, 9.17) is 9.26 Å². The number of hydrogen-bond donors (Lipinski definition) is 0. The first-order valence-corrected chi connectivity index (χ1v) is 8.00. The zero-order chi connectivity index (χ0) is 17.1. The molecule has 0 fully saturated rings. The number of fused-ring (bicyclic) bond motifs is 1. The summed E-state index contributed by atoms with van der Waals surface area (Å²) in [4.78, 5) is 13.1. The third kappa shape index (κ3) is 3.14. The summed E-state index contributed by atoms with van der Waals surface area (Å²) in [5.74, 6) is 2.06. The van der Waals surface area contributed by atoms with Crippen molar-refractivity contribution in [1.29, 1.82) is 0 Å². The fourth-order valence-electron chi connectivity index (χ4n) is 2.80. The van der Waals surface area contributed by atoms with Crippen LogP contribution in [0.1, 0.15) is 11.7 Å². The van der Waals surface area contributed by atoms with E-state index in [1.807, 2.05) is 35.2 Å². The van der Waals surface area contributed by atoms with Crippen molar-refractivity contribution < 1.29 is 9.26 Å². The molecule has 0 unspecified atom stereocenters. The Morgan fingerprint density at radius 3 is 3.08 bits per heavy atom. The maximum Gasteiger partial charge on any atom is 0.229 e. The van der Waals surface area contributed by atoms with E-state index in [2.05, 4.69) is 26.2 Å². The van der Waals surface area contributed by atoms with Gasteiger partial charge in [-0.1, -0.05) is 23.4 Å². The van der Waals surface area contributed by atoms with Crippen molar-refractivity contribution >= 4 is 10.8 Å². The first-order chi connectivity index (χ1) is 12.3. The Morgan fingerprint density at radius 2 is 2.16 bits per heavy atom. The van der Waals surface area contributed by atoms with Crippen molar-refractivity contribution in [3.63, 3.8) is 0 Å². The molecule has 4 aromatic rings. The lowest BCUT2D eigenvalue weighted by Gasteiger charge is -2.08. The third-order valence-corrected chi connectivity index (χ3v) is 3.98. The lowest BCUT2D eigenvalue weighted by Crippen LogP contribution is -2.03. The van der Waals surface area contributed by atoms with Gasteiger partial charge < -0.3 is 13.8 Å². The van der Waals surface area contributed by atoms with Crippen LogP contribution in [0, 0.1) is 0 Å². The standard InChI is InChI=1S/C18H17N5O2/c1-24-10-6-17-21-16(22-25-17)12-23-9-8-20-18(23)15-4-2-3-13-11-19-7-5-14(13)15/h2-5,7-9,11H,6,10,12H2,1H3. The monoisotopic (exact) mass is 335 g/mol. The maximum absolute atomic E-state index is 5.25. The molecular weight excluding hydrogens is 318 g/mol. The molecule has 0 aliphatic heterocycles. The SMILES string of the molecule is COCCc1nc(Cn2ccnc2-c2cccc3cnccc23)no1. The summed E-state index contributed by atoms with van der Waals surface area (Å²) in [6.45, 7) is 1.05. The Morgan fingerprint density at radius 1 is 1.20 bits per heavy atom. The molecule has 0 bridgehead atoms. The van der Waals surface area contributed by atoms with E-state index >= 15 is 0 Å². The Labute approximate surface area is 144 Å². The van der Waals surface area contributed by atoms with E-state index in [1.54, 1.807) is 19.5 Å². The average molecular weight is 335 g/mol. The fourth-order valence-corrected chi connectivity index (χ4v) is 2.80. The molecule has 126 valence electrons. The van der Waals surface area contributed by atoms with Gasteiger partial charge in [0.15, 0.2) is 5.82 Å². The maximum atomic E-state index is 5.25. The molecule has 0 atom stereocenters. The van der Waals surface area contributed by atoms with Crippen LogP contribution in [0.25, 0.3) is 22.2 Å². The number of rotatable bonds is 6. The molecule has 0 aliphatic rings. The second kappa shape index (κ2) is 6.82. The van der Waals surface area contributed by atoms with Crippen molar-refractivity contribution in [3.05, 3.63) is 60.8 Å². The van der Waals surface area contributed by atoms with Gasteiger partial charge in [0, 0.05) is 42.8 Å². The quantitative estimate of drug-likeness (QED) is 0.539. The van der Waals surface area contributed by atoms with Gasteiger partial charge in [-0.2, -0.15) is 4.98 Å². The van der Waals surface area contributed by atoms with Gasteiger partial charge in [0.05, 0.1) is 19.6 Å². The molecule has 0 spiro atoms. The number of benzene rings is 1. The Hall–Kier alpha value is -3.06. The topological polar surface area (TPSA) is 78.9 Å². The van der Waals surface area contributed by atoms with Gasteiger partial charge in [0.1, 0.15) is 5.82 Å². The van der Waals surface area contributed by atoms with E-state index in [-0.39, 0.29) is 0 Å². The van der Waals surface area contributed by atoms with Crippen molar-refractivity contribution in [2.75, 3.05) is 13.7 Å². The number of ether oxygens (including phenoxy) is 1. The largest absolute Gasteiger partial charge is 0.384 e. The van der Waals surface area contributed by atoms with E-state index in [0.717, 1.165) is 22.2 Å². The van der Waals surface area contributed by atoms with Gasteiger partial charge >= 0.3 is 0 Å². The highest BCUT2D eigenvalue weighted by atomic mass is 16.5.